The van der Waals surface area contributed by atoms with Gasteiger partial charge in [0.2, 0.25) is 11.9 Å². The van der Waals surface area contributed by atoms with Gasteiger partial charge >= 0.3 is 4.60 Å². The molecule has 0 amide bonds. The third-order valence-corrected chi connectivity index (χ3v) is 2.78. The van der Waals surface area contributed by atoms with E-state index >= 15 is 0 Å². The molecule has 2 aromatic rings. The van der Waals surface area contributed by atoms with Gasteiger partial charge in [-0.15, -0.1) is 0 Å². The summed E-state index contributed by atoms with van der Waals surface area (Å²) in [4.78, 5) is 0. The van der Waals surface area contributed by atoms with Crippen LogP contribution in [0, 0.1) is 0 Å². The van der Waals surface area contributed by atoms with E-state index in [9.17, 15) is 5.21 Å². The average Bonchev–Trinajstić information content (AvgIpc) is 2.20. The zero-order chi connectivity index (χ0) is 10.1. The number of halogens is 1. The Morgan fingerprint density at radius 1 is 1.36 bits per heavy atom. The van der Waals surface area contributed by atoms with Crippen LogP contribution in [0.15, 0.2) is 35.1 Å². The number of benzene rings is 1. The lowest BCUT2D eigenvalue weighted by molar-refractivity contribution is -0.912. The van der Waals surface area contributed by atoms with Crippen LogP contribution in [0.1, 0.15) is 0 Å². The molecule has 0 atom stereocenters. The highest BCUT2D eigenvalue weighted by Gasteiger charge is 2.18. The first kappa shape index (κ1) is 9.27. The summed E-state index contributed by atoms with van der Waals surface area (Å²) in [6.45, 7) is 0. The van der Waals surface area contributed by atoms with E-state index in [0.717, 1.165) is 15.5 Å². The van der Waals surface area contributed by atoms with Gasteiger partial charge < -0.3 is 4.74 Å². The maximum Gasteiger partial charge on any atom is 0.340 e. The Balaban J connectivity index is 2.89. The fourth-order valence-corrected chi connectivity index (χ4v) is 1.89. The third-order valence-electron chi connectivity index (χ3n) is 2.06. The Bertz CT molecular complexity index is 485. The van der Waals surface area contributed by atoms with Crippen molar-refractivity contribution in [2.24, 2.45) is 0 Å². The molecule has 1 heterocycles. The topological polar surface area (TPSA) is 33.3 Å². The van der Waals surface area contributed by atoms with E-state index in [-0.39, 0.29) is 0 Å². The highest BCUT2D eigenvalue weighted by Crippen LogP contribution is 2.29. The van der Waals surface area contributed by atoms with Crippen molar-refractivity contribution in [3.8, 4) is 5.75 Å². The zero-order valence-electron chi connectivity index (χ0n) is 7.57. The quantitative estimate of drug-likeness (QED) is 0.481. The Morgan fingerprint density at radius 3 is 2.79 bits per heavy atom. The first-order valence-corrected chi connectivity index (χ1v) is 4.89. The number of hydrogen-bond donors (Lipinski definition) is 1. The molecule has 1 aromatic carbocycles. The maximum absolute atomic E-state index is 9.52. The lowest BCUT2D eigenvalue weighted by atomic mass is 10.2. The fraction of sp³-hybridized carbons (Fsp3) is 0.100. The molecule has 0 aliphatic heterocycles. The summed E-state index contributed by atoms with van der Waals surface area (Å²) in [6.07, 6.45) is 1.63. The molecule has 72 valence electrons. The summed E-state index contributed by atoms with van der Waals surface area (Å²) in [7, 11) is 1.58. The third kappa shape index (κ3) is 1.32. The van der Waals surface area contributed by atoms with Crippen LogP contribution in [-0.2, 0) is 0 Å². The van der Waals surface area contributed by atoms with Crippen molar-refractivity contribution < 1.29 is 14.7 Å². The van der Waals surface area contributed by atoms with Crippen molar-refractivity contribution in [1.82, 2.24) is 0 Å². The zero-order valence-corrected chi connectivity index (χ0v) is 9.15. The van der Waals surface area contributed by atoms with Crippen molar-refractivity contribution >= 4 is 26.7 Å². The number of hydrogen-bond acceptors (Lipinski definition) is 2. The number of methoxy groups -OCH3 is 1. The molecule has 3 nitrogen and oxygen atoms in total. The molecule has 2 rings (SSSR count). The van der Waals surface area contributed by atoms with E-state index in [4.69, 9.17) is 4.74 Å². The summed E-state index contributed by atoms with van der Waals surface area (Å²) >= 11 is 3.25. The summed E-state index contributed by atoms with van der Waals surface area (Å²) in [5, 5.41) is 11.4. The molecule has 0 saturated carbocycles. The number of rotatable bonds is 1. The largest absolute Gasteiger partial charge is 0.489 e. The highest BCUT2D eigenvalue weighted by atomic mass is 79.9. The van der Waals surface area contributed by atoms with Crippen LogP contribution in [0.3, 0.4) is 0 Å². The van der Waals surface area contributed by atoms with Gasteiger partial charge in [-0.25, -0.2) is 0 Å². The van der Waals surface area contributed by atoms with Gasteiger partial charge in [0.05, 0.1) is 12.5 Å². The predicted octanol–water partition coefficient (Wildman–Crippen LogP) is 2.14. The first-order chi connectivity index (χ1) is 6.74. The smallest absolute Gasteiger partial charge is 0.340 e. The van der Waals surface area contributed by atoms with Crippen LogP contribution in [0.2, 0.25) is 0 Å². The van der Waals surface area contributed by atoms with E-state index in [1.807, 2.05) is 24.3 Å². The Labute approximate surface area is 89.6 Å². The summed E-state index contributed by atoms with van der Waals surface area (Å²) in [5.41, 5.74) is 0. The van der Waals surface area contributed by atoms with E-state index in [1.54, 1.807) is 13.3 Å². The summed E-state index contributed by atoms with van der Waals surface area (Å²) in [6, 6.07) is 7.70. The molecular weight excluding hydrogens is 246 g/mol. The summed E-state index contributed by atoms with van der Waals surface area (Å²) in [5.74, 6) is 0.630. The standard InChI is InChI=1S/C10H9BrNO2/c1-14-9-8-5-3-2-4-7(8)6-12(13)10(9)11/h2-6,13H,1H3/q+1. The van der Waals surface area contributed by atoms with E-state index < -0.39 is 0 Å². The van der Waals surface area contributed by atoms with Gasteiger partial charge in [-0.3, -0.25) is 5.21 Å². The van der Waals surface area contributed by atoms with Gasteiger partial charge in [-0.05, 0) is 6.07 Å². The number of aromatic nitrogens is 1. The molecule has 0 spiro atoms. The molecule has 0 radical (unpaired) electrons. The first-order valence-electron chi connectivity index (χ1n) is 4.10. The molecule has 0 bridgehead atoms. The minimum Gasteiger partial charge on any atom is -0.489 e. The minimum atomic E-state index is 0.513. The Morgan fingerprint density at radius 2 is 2.07 bits per heavy atom. The van der Waals surface area contributed by atoms with Crippen molar-refractivity contribution in [1.29, 1.82) is 0 Å². The van der Waals surface area contributed by atoms with Gasteiger partial charge in [0.15, 0.2) is 0 Å². The van der Waals surface area contributed by atoms with Gasteiger partial charge in [-0.1, -0.05) is 18.2 Å². The Hall–Kier alpha value is -1.29. The van der Waals surface area contributed by atoms with E-state index in [0.29, 0.717) is 10.4 Å². The highest BCUT2D eigenvalue weighted by molar-refractivity contribution is 9.10. The van der Waals surface area contributed by atoms with Crippen molar-refractivity contribution in [3.63, 3.8) is 0 Å². The minimum absolute atomic E-state index is 0.513. The predicted molar refractivity (Wildman–Crippen MR) is 55.6 cm³/mol. The molecule has 14 heavy (non-hydrogen) atoms. The van der Waals surface area contributed by atoms with Crippen molar-refractivity contribution in [3.05, 3.63) is 35.1 Å². The van der Waals surface area contributed by atoms with E-state index in [2.05, 4.69) is 15.9 Å². The van der Waals surface area contributed by atoms with Crippen LogP contribution in [0.25, 0.3) is 10.8 Å². The second-order valence-corrected chi connectivity index (χ2v) is 3.64. The molecule has 1 aromatic heterocycles. The van der Waals surface area contributed by atoms with Crippen LogP contribution < -0.4 is 9.47 Å². The molecule has 0 fully saturated rings. The average molecular weight is 255 g/mol. The van der Waals surface area contributed by atoms with Gasteiger partial charge in [0.25, 0.3) is 0 Å². The molecule has 1 N–H and O–H groups in total. The molecule has 0 aliphatic rings. The number of pyridine rings is 1. The number of fused-ring (bicyclic) bond motifs is 1. The maximum atomic E-state index is 9.52. The molecule has 4 heteroatoms. The van der Waals surface area contributed by atoms with Gasteiger partial charge in [0, 0.05) is 26.0 Å². The molecule has 0 aliphatic carbocycles. The van der Waals surface area contributed by atoms with Crippen molar-refractivity contribution in [2.75, 3.05) is 7.11 Å². The van der Waals surface area contributed by atoms with Crippen LogP contribution in [0.5, 0.6) is 5.75 Å². The summed E-state index contributed by atoms with van der Waals surface area (Å²) < 4.78 is 6.73. The lowest BCUT2D eigenvalue weighted by Crippen LogP contribution is -2.31. The normalized spacial score (nSPS) is 10.4. The second-order valence-electron chi connectivity index (χ2n) is 2.88. The fourth-order valence-electron chi connectivity index (χ4n) is 1.41. The van der Waals surface area contributed by atoms with Crippen LogP contribution >= 0.6 is 15.9 Å². The van der Waals surface area contributed by atoms with Crippen LogP contribution in [0.4, 0.5) is 0 Å². The van der Waals surface area contributed by atoms with Crippen molar-refractivity contribution in [2.45, 2.75) is 0 Å². The van der Waals surface area contributed by atoms with Gasteiger partial charge in [-0.2, -0.15) is 0 Å². The molecule has 0 unspecified atom stereocenters. The lowest BCUT2D eigenvalue weighted by Gasteiger charge is -2.03. The second kappa shape index (κ2) is 3.46. The molecule has 0 saturated heterocycles. The molecular formula is C10H9BrNO2+. The SMILES string of the molecule is COc1c(Br)[n+](O)cc2ccccc12. The monoisotopic (exact) mass is 254 g/mol. The number of ether oxygens (including phenoxy) is 1. The number of nitrogens with zero attached hydrogens (tertiary/aromatic N) is 1. The van der Waals surface area contributed by atoms with Crippen LogP contribution in [-0.4, -0.2) is 12.3 Å². The van der Waals surface area contributed by atoms with Gasteiger partial charge in [0.1, 0.15) is 0 Å². The van der Waals surface area contributed by atoms with E-state index in [1.165, 1.54) is 0 Å². The Kier molecular flexibility index (Phi) is 2.29.